The van der Waals surface area contributed by atoms with Gasteiger partial charge in [0.15, 0.2) is 0 Å². The normalized spacial score (nSPS) is 19.7. The predicted molar refractivity (Wildman–Crippen MR) is 107 cm³/mol. The highest BCUT2D eigenvalue weighted by Crippen LogP contribution is 2.36. The van der Waals surface area contributed by atoms with Gasteiger partial charge in [-0.3, -0.25) is 9.59 Å². The lowest BCUT2D eigenvalue weighted by Crippen LogP contribution is -2.47. The fourth-order valence-electron chi connectivity index (χ4n) is 4.35. The van der Waals surface area contributed by atoms with Gasteiger partial charge in [0, 0.05) is 49.8 Å². The maximum absolute atomic E-state index is 13.0. The second-order valence-corrected chi connectivity index (χ2v) is 7.30. The van der Waals surface area contributed by atoms with Crippen molar-refractivity contribution in [2.75, 3.05) is 18.0 Å². The molecule has 0 radical (unpaired) electrons. The van der Waals surface area contributed by atoms with Crippen LogP contribution in [0.2, 0.25) is 0 Å². The summed E-state index contributed by atoms with van der Waals surface area (Å²) in [5.74, 6) is 3.20. The van der Waals surface area contributed by atoms with E-state index in [9.17, 15) is 4.79 Å². The fraction of sp³-hybridized carbons (Fsp3) is 0.350. The molecule has 2 N–H and O–H groups in total. The summed E-state index contributed by atoms with van der Waals surface area (Å²) >= 11 is 0. The minimum Gasteiger partial charge on any atom is -0.483 e. The lowest BCUT2D eigenvalue weighted by molar-refractivity contribution is -0.122. The summed E-state index contributed by atoms with van der Waals surface area (Å²) in [6.07, 6.45) is 6.36. The van der Waals surface area contributed by atoms with E-state index >= 15 is 0 Å². The first kappa shape index (κ1) is 18.9. The Labute approximate surface area is 167 Å². The Balaban J connectivity index is 0.000000645. The summed E-state index contributed by atoms with van der Waals surface area (Å²) in [6.45, 7) is 4.22. The maximum atomic E-state index is 13.0. The number of carbonyl (C=O) groups is 1. The van der Waals surface area contributed by atoms with Gasteiger partial charge >= 0.3 is 0 Å². The number of nitrogens with zero attached hydrogens (tertiary/aromatic N) is 5. The number of hydrogen-bond acceptors (Lipinski definition) is 6. The number of fused-ring (bicyclic) bond motifs is 4. The molecule has 2 aliphatic rings. The molecule has 3 aromatic heterocycles. The van der Waals surface area contributed by atoms with Crippen LogP contribution in [0.1, 0.15) is 23.9 Å². The molecule has 0 aliphatic carbocycles. The van der Waals surface area contributed by atoms with E-state index in [0.29, 0.717) is 23.2 Å². The summed E-state index contributed by atoms with van der Waals surface area (Å²) < 4.78 is 1.96. The first-order valence-corrected chi connectivity index (χ1v) is 9.46. The molecule has 2 aliphatic heterocycles. The van der Waals surface area contributed by atoms with Crippen LogP contribution in [0.4, 0.5) is 5.82 Å². The van der Waals surface area contributed by atoms with E-state index in [1.54, 1.807) is 12.4 Å². The molecule has 1 saturated heterocycles. The minimum atomic E-state index is -0.250. The van der Waals surface area contributed by atoms with Crippen LogP contribution >= 0.6 is 0 Å². The molecule has 2 bridgehead atoms. The highest BCUT2D eigenvalue weighted by atomic mass is 16.3. The number of carboxylic acid groups (broad SMARTS) is 1. The molecule has 1 fully saturated rings. The van der Waals surface area contributed by atoms with Gasteiger partial charge in [-0.25, -0.2) is 15.0 Å². The zero-order chi connectivity index (χ0) is 20.4. The molecular formula is C20H22N6O3. The Morgan fingerprint density at radius 2 is 2.00 bits per heavy atom. The van der Waals surface area contributed by atoms with Gasteiger partial charge < -0.3 is 19.6 Å². The number of aryl methyl sites for hydroxylation is 1. The Morgan fingerprint density at radius 3 is 2.72 bits per heavy atom. The van der Waals surface area contributed by atoms with Crippen LogP contribution in [0, 0.1) is 12.8 Å². The topological polar surface area (TPSA) is 117 Å². The average Bonchev–Trinajstić information content (AvgIpc) is 3.24. The molecule has 9 heteroatoms. The van der Waals surface area contributed by atoms with Crippen molar-refractivity contribution >= 4 is 12.3 Å². The van der Waals surface area contributed by atoms with Gasteiger partial charge in [0.2, 0.25) is 0 Å². The molecule has 0 spiro atoms. The van der Waals surface area contributed by atoms with Crippen molar-refractivity contribution in [1.29, 1.82) is 0 Å². The van der Waals surface area contributed by atoms with Crippen LogP contribution in [0.5, 0.6) is 0 Å². The van der Waals surface area contributed by atoms with E-state index in [0.717, 1.165) is 43.4 Å². The largest absolute Gasteiger partial charge is 0.483 e. The van der Waals surface area contributed by atoms with Crippen LogP contribution < -0.4 is 10.5 Å². The van der Waals surface area contributed by atoms with Crippen LogP contribution in [0.3, 0.4) is 0 Å². The third-order valence-electron chi connectivity index (χ3n) is 5.44. The summed E-state index contributed by atoms with van der Waals surface area (Å²) in [4.78, 5) is 39.8. The smallest absolute Gasteiger partial charge is 0.290 e. The first-order valence-electron chi connectivity index (χ1n) is 9.46. The number of hydrogen-bond donors (Lipinski definition) is 2. The lowest BCUT2D eigenvalue weighted by atomic mass is 9.83. The highest BCUT2D eigenvalue weighted by molar-refractivity contribution is 5.54. The molecule has 2 atom stereocenters. The number of imidazole rings is 1. The van der Waals surface area contributed by atoms with Crippen molar-refractivity contribution in [3.8, 4) is 11.4 Å². The van der Waals surface area contributed by atoms with Gasteiger partial charge in [0.05, 0.1) is 5.56 Å². The fourth-order valence-corrected chi connectivity index (χ4v) is 4.35. The molecule has 29 heavy (non-hydrogen) atoms. The van der Waals surface area contributed by atoms with Gasteiger partial charge in [-0.05, 0) is 37.5 Å². The molecule has 5 rings (SSSR count). The molecule has 5 heterocycles. The molecule has 0 saturated carbocycles. The second kappa shape index (κ2) is 7.86. The number of aromatic nitrogens is 5. The number of anilines is 1. The van der Waals surface area contributed by atoms with Crippen LogP contribution in [-0.4, -0.2) is 49.2 Å². The number of pyridine rings is 1. The third kappa shape index (κ3) is 3.63. The SMILES string of the molecule is Cc1nccc(N2C[C@@H]3C[C@H](C2)c2ccc(-c4ncc[nH]4)c(=O)n2C3)n1.O=CO. The van der Waals surface area contributed by atoms with Gasteiger partial charge in [0.25, 0.3) is 12.0 Å². The molecule has 3 aromatic rings. The molecular weight excluding hydrogens is 372 g/mol. The van der Waals surface area contributed by atoms with Crippen molar-refractivity contribution in [1.82, 2.24) is 24.5 Å². The summed E-state index contributed by atoms with van der Waals surface area (Å²) in [5.41, 5.74) is 1.82. The Bertz CT molecular complexity index is 1060. The first-order chi connectivity index (χ1) is 14.1. The third-order valence-corrected chi connectivity index (χ3v) is 5.44. The predicted octanol–water partition coefficient (Wildman–Crippen LogP) is 1.66. The van der Waals surface area contributed by atoms with E-state index in [4.69, 9.17) is 9.90 Å². The number of piperidine rings is 1. The van der Waals surface area contributed by atoms with Crippen molar-refractivity contribution in [3.05, 3.63) is 58.7 Å². The maximum Gasteiger partial charge on any atom is 0.290 e. The molecule has 9 nitrogen and oxygen atoms in total. The van der Waals surface area contributed by atoms with Gasteiger partial charge in [0.1, 0.15) is 17.5 Å². The van der Waals surface area contributed by atoms with Crippen molar-refractivity contribution in [2.24, 2.45) is 5.92 Å². The molecule has 0 unspecified atom stereocenters. The van der Waals surface area contributed by atoms with Crippen molar-refractivity contribution < 1.29 is 9.90 Å². The second-order valence-electron chi connectivity index (χ2n) is 7.30. The average molecular weight is 394 g/mol. The van der Waals surface area contributed by atoms with Gasteiger partial charge in [-0.2, -0.15) is 0 Å². The monoisotopic (exact) mass is 394 g/mol. The van der Waals surface area contributed by atoms with Crippen LogP contribution in [0.25, 0.3) is 11.4 Å². The highest BCUT2D eigenvalue weighted by Gasteiger charge is 2.35. The molecule has 0 amide bonds. The van der Waals surface area contributed by atoms with E-state index in [1.165, 1.54) is 0 Å². The Kier molecular flexibility index (Phi) is 5.11. The minimum absolute atomic E-state index is 0.0541. The van der Waals surface area contributed by atoms with E-state index < -0.39 is 0 Å². The summed E-state index contributed by atoms with van der Waals surface area (Å²) in [6, 6.07) is 5.97. The van der Waals surface area contributed by atoms with E-state index in [1.807, 2.05) is 29.8 Å². The summed E-state index contributed by atoms with van der Waals surface area (Å²) in [7, 11) is 0. The van der Waals surface area contributed by atoms with E-state index in [-0.39, 0.29) is 12.0 Å². The number of H-pyrrole nitrogens is 1. The zero-order valence-electron chi connectivity index (χ0n) is 16.0. The standard InChI is InChI=1S/C19H20N6O.CH2O2/c1-12-20-5-4-17(23-12)24-9-13-8-14(11-24)16-3-2-15(18-21-6-7-22-18)19(26)25(16)10-13;2-1-3/h2-7,13-14H,8-11H2,1H3,(H,21,22);1H,(H,2,3)/t13-,14+;/m0./s1. The Hall–Kier alpha value is -3.49. The molecule has 150 valence electrons. The zero-order valence-corrected chi connectivity index (χ0v) is 16.0. The van der Waals surface area contributed by atoms with Crippen LogP contribution in [-0.2, 0) is 11.3 Å². The van der Waals surface area contributed by atoms with Crippen molar-refractivity contribution in [2.45, 2.75) is 25.8 Å². The number of aromatic amines is 1. The van der Waals surface area contributed by atoms with Crippen LogP contribution in [0.15, 0.2) is 41.6 Å². The quantitative estimate of drug-likeness (QED) is 0.635. The van der Waals surface area contributed by atoms with E-state index in [2.05, 4.69) is 30.9 Å². The van der Waals surface area contributed by atoms with Gasteiger partial charge in [-0.15, -0.1) is 0 Å². The number of rotatable bonds is 2. The summed E-state index contributed by atoms with van der Waals surface area (Å²) in [5, 5.41) is 6.89. The number of nitrogens with one attached hydrogen (secondary N) is 1. The Morgan fingerprint density at radius 1 is 1.17 bits per heavy atom. The van der Waals surface area contributed by atoms with Gasteiger partial charge in [-0.1, -0.05) is 0 Å². The lowest BCUT2D eigenvalue weighted by Gasteiger charge is -2.43. The molecule has 0 aromatic carbocycles. The van der Waals surface area contributed by atoms with Crippen molar-refractivity contribution in [3.63, 3.8) is 0 Å².